The average Bonchev–Trinajstić information content (AvgIpc) is 2.30. The second-order valence-corrected chi connectivity index (χ2v) is 5.53. The Morgan fingerprint density at radius 3 is 2.48 bits per heavy atom. The molecule has 116 valence electrons. The number of hydrogen-bond donors (Lipinski definition) is 3. The molecule has 0 saturated heterocycles. The van der Waals surface area contributed by atoms with E-state index in [4.69, 9.17) is 9.84 Å². The van der Waals surface area contributed by atoms with Crippen LogP contribution in [0.4, 0.5) is 20.6 Å². The summed E-state index contributed by atoms with van der Waals surface area (Å²) in [6.07, 6.45) is -0.787. The lowest BCUT2D eigenvalue weighted by atomic mass is 10.2. The fourth-order valence-corrected chi connectivity index (χ4v) is 1.44. The summed E-state index contributed by atoms with van der Waals surface area (Å²) < 4.78 is 18.7. The summed E-state index contributed by atoms with van der Waals surface area (Å²) in [5, 5.41) is 13.8. The molecule has 0 spiro atoms. The van der Waals surface area contributed by atoms with E-state index in [1.807, 2.05) is 0 Å². The van der Waals surface area contributed by atoms with Crippen LogP contribution < -0.4 is 10.6 Å². The van der Waals surface area contributed by atoms with Crippen molar-refractivity contribution in [1.82, 2.24) is 0 Å². The first-order chi connectivity index (χ1) is 9.58. The van der Waals surface area contributed by atoms with E-state index in [9.17, 15) is 14.0 Å². The van der Waals surface area contributed by atoms with Crippen molar-refractivity contribution in [3.63, 3.8) is 0 Å². The predicted octanol–water partition coefficient (Wildman–Crippen LogP) is 3.06. The van der Waals surface area contributed by atoms with E-state index in [1.54, 1.807) is 20.8 Å². The molecule has 7 heteroatoms. The third kappa shape index (κ3) is 5.68. The number of nitrogens with one attached hydrogen (secondary N) is 2. The molecule has 3 N–H and O–H groups in total. The molecule has 0 aromatic heterocycles. The van der Waals surface area contributed by atoms with Gasteiger partial charge >= 0.3 is 12.1 Å². The maximum Gasteiger partial charge on any atom is 0.412 e. The van der Waals surface area contributed by atoms with Gasteiger partial charge in [-0.1, -0.05) is 0 Å². The third-order valence-electron chi connectivity index (χ3n) is 2.36. The minimum atomic E-state index is -1.04. The highest BCUT2D eigenvalue weighted by atomic mass is 19.1. The Kier molecular flexibility index (Phi) is 5.12. The van der Waals surface area contributed by atoms with E-state index in [-0.39, 0.29) is 5.69 Å². The van der Waals surface area contributed by atoms with Gasteiger partial charge in [-0.3, -0.25) is 10.1 Å². The standard InChI is InChI=1S/C14H19FN2O4/c1-8(12(18)19)16-9-5-6-10(15)11(7-9)17-13(20)21-14(2,3)4/h5-8,16H,1-4H3,(H,17,20)(H,18,19). The van der Waals surface area contributed by atoms with Crippen LogP contribution in [0.25, 0.3) is 0 Å². The van der Waals surface area contributed by atoms with Gasteiger partial charge in [0.05, 0.1) is 5.69 Å². The number of amides is 1. The second-order valence-electron chi connectivity index (χ2n) is 5.53. The van der Waals surface area contributed by atoms with Gasteiger partial charge in [-0.2, -0.15) is 0 Å². The first-order valence-electron chi connectivity index (χ1n) is 6.37. The molecule has 1 amide bonds. The van der Waals surface area contributed by atoms with Gasteiger partial charge in [-0.15, -0.1) is 0 Å². The number of rotatable bonds is 4. The Bertz CT molecular complexity index is 540. The number of carboxylic acids is 1. The predicted molar refractivity (Wildman–Crippen MR) is 77.0 cm³/mol. The van der Waals surface area contributed by atoms with E-state index < -0.39 is 29.5 Å². The number of carbonyl (C=O) groups excluding carboxylic acids is 1. The molecule has 1 atom stereocenters. The first kappa shape index (κ1) is 16.7. The van der Waals surface area contributed by atoms with Crippen LogP contribution >= 0.6 is 0 Å². The van der Waals surface area contributed by atoms with Gasteiger partial charge in [-0.05, 0) is 45.9 Å². The van der Waals surface area contributed by atoms with E-state index in [0.717, 1.165) is 6.07 Å². The third-order valence-corrected chi connectivity index (χ3v) is 2.36. The monoisotopic (exact) mass is 298 g/mol. The van der Waals surface area contributed by atoms with Crippen LogP contribution in [-0.2, 0) is 9.53 Å². The van der Waals surface area contributed by atoms with Crippen LogP contribution in [0.5, 0.6) is 0 Å². The molecule has 0 bridgehead atoms. The molecule has 0 aliphatic rings. The van der Waals surface area contributed by atoms with Crippen molar-refractivity contribution in [2.45, 2.75) is 39.3 Å². The molecule has 0 radical (unpaired) electrons. The number of aliphatic carboxylic acids is 1. The Hall–Kier alpha value is -2.31. The van der Waals surface area contributed by atoms with Crippen molar-refractivity contribution < 1.29 is 23.8 Å². The molecular formula is C14H19FN2O4. The average molecular weight is 298 g/mol. The summed E-state index contributed by atoms with van der Waals surface area (Å²) in [7, 11) is 0. The molecule has 0 aliphatic heterocycles. The zero-order chi connectivity index (χ0) is 16.2. The van der Waals surface area contributed by atoms with Crippen LogP contribution in [0, 0.1) is 5.82 Å². The van der Waals surface area contributed by atoms with Crippen LogP contribution in [0.1, 0.15) is 27.7 Å². The number of ether oxygens (including phenoxy) is 1. The maximum absolute atomic E-state index is 13.6. The fourth-order valence-electron chi connectivity index (χ4n) is 1.44. The van der Waals surface area contributed by atoms with Crippen LogP contribution in [0.2, 0.25) is 0 Å². The fraction of sp³-hybridized carbons (Fsp3) is 0.429. The molecule has 6 nitrogen and oxygen atoms in total. The molecular weight excluding hydrogens is 279 g/mol. The highest BCUT2D eigenvalue weighted by molar-refractivity contribution is 5.86. The van der Waals surface area contributed by atoms with E-state index in [2.05, 4.69) is 10.6 Å². The normalized spacial score (nSPS) is 12.4. The molecule has 1 aromatic carbocycles. The number of benzene rings is 1. The summed E-state index contributed by atoms with van der Waals surface area (Å²) in [5.41, 5.74) is -0.418. The van der Waals surface area contributed by atoms with Crippen molar-refractivity contribution in [3.05, 3.63) is 24.0 Å². The second kappa shape index (κ2) is 6.43. The van der Waals surface area contributed by atoms with Crippen LogP contribution in [-0.4, -0.2) is 28.8 Å². The smallest absolute Gasteiger partial charge is 0.412 e. The molecule has 1 rings (SSSR count). The number of carbonyl (C=O) groups is 2. The zero-order valence-corrected chi connectivity index (χ0v) is 12.4. The molecule has 0 heterocycles. The van der Waals surface area contributed by atoms with E-state index >= 15 is 0 Å². The number of hydrogen-bond acceptors (Lipinski definition) is 4. The van der Waals surface area contributed by atoms with Crippen molar-refractivity contribution in [2.24, 2.45) is 0 Å². The molecule has 21 heavy (non-hydrogen) atoms. The van der Waals surface area contributed by atoms with Crippen molar-refractivity contribution in [1.29, 1.82) is 0 Å². The van der Waals surface area contributed by atoms with E-state index in [1.165, 1.54) is 19.1 Å². The lowest BCUT2D eigenvalue weighted by Gasteiger charge is -2.20. The maximum atomic E-state index is 13.6. The summed E-state index contributed by atoms with van der Waals surface area (Å²) in [6.45, 7) is 6.52. The zero-order valence-electron chi connectivity index (χ0n) is 12.4. The van der Waals surface area contributed by atoms with Crippen LogP contribution in [0.3, 0.4) is 0 Å². The Morgan fingerprint density at radius 2 is 1.95 bits per heavy atom. The van der Waals surface area contributed by atoms with Crippen LogP contribution in [0.15, 0.2) is 18.2 Å². The van der Waals surface area contributed by atoms with Gasteiger partial charge in [-0.25, -0.2) is 9.18 Å². The van der Waals surface area contributed by atoms with Crippen molar-refractivity contribution in [2.75, 3.05) is 10.6 Å². The molecule has 0 fully saturated rings. The van der Waals surface area contributed by atoms with Gasteiger partial charge in [0.25, 0.3) is 0 Å². The SMILES string of the molecule is CC(Nc1ccc(F)c(NC(=O)OC(C)(C)C)c1)C(=O)O. The molecule has 1 aromatic rings. The van der Waals surface area contributed by atoms with Gasteiger partial charge in [0, 0.05) is 5.69 Å². The summed E-state index contributed by atoms with van der Waals surface area (Å²) in [6, 6.07) is 2.97. The number of halogens is 1. The Morgan fingerprint density at radius 1 is 1.33 bits per heavy atom. The topological polar surface area (TPSA) is 87.7 Å². The summed E-state index contributed by atoms with van der Waals surface area (Å²) in [5.74, 6) is -1.68. The van der Waals surface area contributed by atoms with Crippen molar-refractivity contribution >= 4 is 23.4 Å². The first-order valence-corrected chi connectivity index (χ1v) is 6.37. The molecule has 1 unspecified atom stereocenters. The number of anilines is 2. The molecule has 0 saturated carbocycles. The van der Waals surface area contributed by atoms with Gasteiger partial charge < -0.3 is 15.2 Å². The lowest BCUT2D eigenvalue weighted by molar-refractivity contribution is -0.137. The lowest BCUT2D eigenvalue weighted by Crippen LogP contribution is -2.28. The van der Waals surface area contributed by atoms with E-state index in [0.29, 0.717) is 5.69 Å². The summed E-state index contributed by atoms with van der Waals surface area (Å²) >= 11 is 0. The van der Waals surface area contributed by atoms with Gasteiger partial charge in [0.2, 0.25) is 0 Å². The molecule has 0 aliphatic carbocycles. The largest absolute Gasteiger partial charge is 0.480 e. The Balaban J connectivity index is 2.83. The minimum absolute atomic E-state index is 0.0909. The highest BCUT2D eigenvalue weighted by Gasteiger charge is 2.18. The quantitative estimate of drug-likeness (QED) is 0.795. The van der Waals surface area contributed by atoms with Gasteiger partial charge in [0.1, 0.15) is 17.5 Å². The Labute approximate surface area is 122 Å². The minimum Gasteiger partial charge on any atom is -0.480 e. The number of carboxylic acid groups (broad SMARTS) is 1. The van der Waals surface area contributed by atoms with Crippen molar-refractivity contribution in [3.8, 4) is 0 Å². The summed E-state index contributed by atoms with van der Waals surface area (Å²) in [4.78, 5) is 22.4. The van der Waals surface area contributed by atoms with Gasteiger partial charge in [0.15, 0.2) is 0 Å². The highest BCUT2D eigenvalue weighted by Crippen LogP contribution is 2.21.